The van der Waals surface area contributed by atoms with E-state index in [0.29, 0.717) is 32.3 Å². The number of benzene rings is 3. The number of hydrogen-bond acceptors (Lipinski definition) is 6. The van der Waals surface area contributed by atoms with E-state index in [1.54, 1.807) is 24.3 Å². The third kappa shape index (κ3) is 6.40. The Kier molecular flexibility index (Phi) is 8.56. The smallest absolute Gasteiger partial charge is 0.293 e. The molecule has 0 aromatic heterocycles. The first-order valence-electron chi connectivity index (χ1n) is 10.7. The Morgan fingerprint density at radius 1 is 1.08 bits per heavy atom. The van der Waals surface area contributed by atoms with Gasteiger partial charge < -0.3 is 14.2 Å². The Morgan fingerprint density at radius 2 is 1.86 bits per heavy atom. The first kappa shape index (κ1) is 26.1. The topological polar surface area (TPSA) is 65.1 Å². The van der Waals surface area contributed by atoms with Crippen molar-refractivity contribution in [1.82, 2.24) is 4.90 Å². The highest BCUT2D eigenvalue weighted by atomic mass is 79.9. The number of hydrogen-bond donors (Lipinski definition) is 0. The average molecular weight is 593 g/mol. The van der Waals surface area contributed by atoms with Crippen molar-refractivity contribution >= 4 is 56.5 Å². The molecular weight excluding hydrogens is 573 g/mol. The highest BCUT2D eigenvalue weighted by molar-refractivity contribution is 9.10. The first-order chi connectivity index (χ1) is 17.3. The van der Waals surface area contributed by atoms with E-state index in [2.05, 4.69) is 15.9 Å². The van der Waals surface area contributed by atoms with E-state index in [0.717, 1.165) is 22.2 Å². The van der Waals surface area contributed by atoms with E-state index in [4.69, 9.17) is 25.8 Å². The predicted molar refractivity (Wildman–Crippen MR) is 141 cm³/mol. The van der Waals surface area contributed by atoms with Gasteiger partial charge in [0.05, 0.1) is 23.0 Å². The standard InChI is InChI=1S/C26H20BrClFNO5S/c1-33-22-13-17(12-21(27)24(22)35-15-16-3-2-4-18(28)11-16)14-23-25(31)30(26(32)36-23)9-10-34-20-7-5-19(29)6-8-20/h2-8,11-14H,9-10,15H2,1H3/b23-14-. The number of carbonyl (C=O) groups is 2. The van der Waals surface area contributed by atoms with Crippen LogP contribution >= 0.6 is 39.3 Å². The molecule has 1 saturated heterocycles. The van der Waals surface area contributed by atoms with E-state index in [1.165, 1.54) is 31.4 Å². The van der Waals surface area contributed by atoms with Crippen molar-refractivity contribution in [2.75, 3.05) is 20.3 Å². The summed E-state index contributed by atoms with van der Waals surface area (Å²) in [6.07, 6.45) is 1.62. The molecule has 1 aliphatic heterocycles. The molecule has 2 amide bonds. The van der Waals surface area contributed by atoms with Gasteiger partial charge in [0.25, 0.3) is 11.1 Å². The number of carbonyl (C=O) groups excluding carboxylic acids is 2. The molecule has 1 heterocycles. The van der Waals surface area contributed by atoms with Crippen molar-refractivity contribution in [2.45, 2.75) is 6.61 Å². The number of rotatable bonds is 9. The van der Waals surface area contributed by atoms with Crippen LogP contribution in [-0.2, 0) is 11.4 Å². The van der Waals surface area contributed by atoms with E-state index in [-0.39, 0.29) is 35.7 Å². The van der Waals surface area contributed by atoms with Crippen LogP contribution < -0.4 is 14.2 Å². The molecule has 6 nitrogen and oxygen atoms in total. The lowest BCUT2D eigenvalue weighted by Crippen LogP contribution is -2.32. The number of amides is 2. The fraction of sp³-hybridized carbons (Fsp3) is 0.154. The second-order valence-electron chi connectivity index (χ2n) is 7.59. The average Bonchev–Trinajstić information content (AvgIpc) is 3.11. The second-order valence-corrected chi connectivity index (χ2v) is 9.87. The zero-order valence-corrected chi connectivity index (χ0v) is 22.2. The van der Waals surface area contributed by atoms with Gasteiger partial charge in [-0.15, -0.1) is 0 Å². The molecule has 3 aromatic carbocycles. The Bertz CT molecular complexity index is 1320. The number of thioether (sulfide) groups is 1. The first-order valence-corrected chi connectivity index (χ1v) is 12.7. The summed E-state index contributed by atoms with van der Waals surface area (Å²) < 4.78 is 30.6. The third-order valence-electron chi connectivity index (χ3n) is 5.09. The maximum Gasteiger partial charge on any atom is 0.293 e. The SMILES string of the molecule is COc1cc(/C=C2\SC(=O)N(CCOc3ccc(F)cc3)C2=O)cc(Br)c1OCc1cccc(Cl)c1. The Balaban J connectivity index is 1.43. The predicted octanol–water partition coefficient (Wildman–Crippen LogP) is 6.94. The van der Waals surface area contributed by atoms with Crippen molar-refractivity contribution in [3.8, 4) is 17.2 Å². The number of nitrogens with zero attached hydrogens (tertiary/aromatic N) is 1. The molecule has 0 N–H and O–H groups in total. The van der Waals surface area contributed by atoms with E-state index in [9.17, 15) is 14.0 Å². The fourth-order valence-corrected chi connectivity index (χ4v) is 5.03. The molecule has 0 radical (unpaired) electrons. The van der Waals surface area contributed by atoms with Crippen LogP contribution in [0.2, 0.25) is 5.02 Å². The van der Waals surface area contributed by atoms with Gasteiger partial charge in [0.1, 0.15) is 24.8 Å². The van der Waals surface area contributed by atoms with Crippen molar-refractivity contribution in [1.29, 1.82) is 0 Å². The van der Waals surface area contributed by atoms with Gasteiger partial charge in [-0.2, -0.15) is 0 Å². The summed E-state index contributed by atoms with van der Waals surface area (Å²) in [4.78, 5) is 26.7. The number of ether oxygens (including phenoxy) is 3. The Labute approximate surface area is 225 Å². The normalized spacial score (nSPS) is 14.4. The zero-order valence-electron chi connectivity index (χ0n) is 19.0. The largest absolute Gasteiger partial charge is 0.493 e. The van der Waals surface area contributed by atoms with Crippen molar-refractivity contribution < 1.29 is 28.2 Å². The van der Waals surface area contributed by atoms with Crippen LogP contribution in [-0.4, -0.2) is 36.3 Å². The summed E-state index contributed by atoms with van der Waals surface area (Å²) in [7, 11) is 1.52. The van der Waals surface area contributed by atoms with Crippen LogP contribution in [0.25, 0.3) is 6.08 Å². The maximum atomic E-state index is 13.0. The molecule has 186 valence electrons. The molecule has 10 heteroatoms. The third-order valence-corrected chi connectivity index (χ3v) is 6.82. The van der Waals surface area contributed by atoms with Crippen molar-refractivity contribution in [3.63, 3.8) is 0 Å². The minimum atomic E-state index is -0.413. The van der Waals surface area contributed by atoms with Gasteiger partial charge in [-0.05, 0) is 93.4 Å². The highest BCUT2D eigenvalue weighted by Crippen LogP contribution is 2.39. The minimum absolute atomic E-state index is 0.0721. The summed E-state index contributed by atoms with van der Waals surface area (Å²) >= 11 is 10.4. The van der Waals surface area contributed by atoms with Crippen molar-refractivity contribution in [2.24, 2.45) is 0 Å². The summed E-state index contributed by atoms with van der Waals surface area (Å²) in [6, 6.07) is 16.4. The Morgan fingerprint density at radius 3 is 2.58 bits per heavy atom. The fourth-order valence-electron chi connectivity index (χ4n) is 3.38. The lowest BCUT2D eigenvalue weighted by molar-refractivity contribution is -0.123. The summed E-state index contributed by atoms with van der Waals surface area (Å²) in [5, 5.41) is 0.231. The van der Waals surface area contributed by atoms with Crippen LogP contribution in [0, 0.1) is 5.82 Å². The van der Waals surface area contributed by atoms with Crippen LogP contribution in [0.15, 0.2) is 70.0 Å². The minimum Gasteiger partial charge on any atom is -0.493 e. The number of imide groups is 1. The van der Waals surface area contributed by atoms with Gasteiger partial charge in [-0.1, -0.05) is 23.7 Å². The molecule has 0 bridgehead atoms. The molecule has 0 atom stereocenters. The van der Waals surface area contributed by atoms with Crippen LogP contribution in [0.3, 0.4) is 0 Å². The van der Waals surface area contributed by atoms with Gasteiger partial charge in [0.2, 0.25) is 0 Å². The summed E-state index contributed by atoms with van der Waals surface area (Å²) in [6.45, 7) is 0.450. The van der Waals surface area contributed by atoms with E-state index < -0.39 is 5.91 Å². The molecule has 3 aromatic rings. The molecule has 0 spiro atoms. The lowest BCUT2D eigenvalue weighted by atomic mass is 10.1. The molecule has 4 rings (SSSR count). The number of methoxy groups -OCH3 is 1. The van der Waals surface area contributed by atoms with E-state index >= 15 is 0 Å². The number of halogens is 3. The lowest BCUT2D eigenvalue weighted by Gasteiger charge is -2.14. The molecule has 1 aliphatic rings. The van der Waals surface area contributed by atoms with E-state index in [1.807, 2.05) is 18.2 Å². The highest BCUT2D eigenvalue weighted by Gasteiger charge is 2.35. The quantitative estimate of drug-likeness (QED) is 0.251. The maximum absolute atomic E-state index is 13.0. The van der Waals surface area contributed by atoms with Crippen molar-refractivity contribution in [3.05, 3.63) is 92.0 Å². The van der Waals surface area contributed by atoms with Crippen LogP contribution in [0.1, 0.15) is 11.1 Å². The monoisotopic (exact) mass is 591 g/mol. The van der Waals surface area contributed by atoms with Crippen LogP contribution in [0.4, 0.5) is 9.18 Å². The summed E-state index contributed by atoms with van der Waals surface area (Å²) in [5.41, 5.74) is 1.56. The van der Waals surface area contributed by atoms with Gasteiger partial charge in [-0.25, -0.2) is 4.39 Å². The van der Waals surface area contributed by atoms with Crippen LogP contribution in [0.5, 0.6) is 17.2 Å². The molecule has 0 aliphatic carbocycles. The molecule has 0 saturated carbocycles. The van der Waals surface area contributed by atoms with Gasteiger partial charge in [-0.3, -0.25) is 14.5 Å². The second kappa shape index (κ2) is 11.8. The Hall–Kier alpha value is -3.01. The van der Waals surface area contributed by atoms with Gasteiger partial charge in [0, 0.05) is 5.02 Å². The molecule has 0 unspecified atom stereocenters. The zero-order chi connectivity index (χ0) is 25.7. The molecule has 1 fully saturated rings. The molecular formula is C26H20BrClFNO5S. The summed E-state index contributed by atoms with van der Waals surface area (Å²) in [5.74, 6) is 0.630. The molecule has 36 heavy (non-hydrogen) atoms. The van der Waals surface area contributed by atoms with Gasteiger partial charge >= 0.3 is 0 Å². The van der Waals surface area contributed by atoms with Gasteiger partial charge in [0.15, 0.2) is 11.5 Å².